The van der Waals surface area contributed by atoms with Crippen LogP contribution in [0.25, 0.3) is 5.69 Å². The third-order valence-corrected chi connectivity index (χ3v) is 3.69. The first-order valence-electron chi connectivity index (χ1n) is 6.78. The maximum absolute atomic E-state index is 13.5. The van der Waals surface area contributed by atoms with Crippen LogP contribution in [0.4, 0.5) is 10.2 Å². The van der Waals surface area contributed by atoms with Crippen LogP contribution in [0.5, 0.6) is 0 Å². The van der Waals surface area contributed by atoms with Crippen molar-refractivity contribution < 1.29 is 9.13 Å². The molecule has 1 saturated heterocycles. The van der Waals surface area contributed by atoms with Crippen molar-refractivity contribution in [3.8, 4) is 11.8 Å². The molecule has 6 heteroatoms. The summed E-state index contributed by atoms with van der Waals surface area (Å²) in [5.41, 5.74) is 8.25. The molecule has 1 aromatic heterocycles. The molecule has 1 aliphatic rings. The summed E-state index contributed by atoms with van der Waals surface area (Å²) in [6.45, 7) is 2.50. The predicted molar refractivity (Wildman–Crippen MR) is 75.3 cm³/mol. The molecule has 0 bridgehead atoms. The summed E-state index contributed by atoms with van der Waals surface area (Å²) >= 11 is 0. The van der Waals surface area contributed by atoms with Gasteiger partial charge in [0.1, 0.15) is 35.1 Å². The zero-order valence-electron chi connectivity index (χ0n) is 11.6. The summed E-state index contributed by atoms with van der Waals surface area (Å²) in [7, 11) is 0. The number of ether oxygens (including phenoxy) is 1. The Hall–Kier alpha value is -2.39. The van der Waals surface area contributed by atoms with Crippen molar-refractivity contribution in [2.45, 2.75) is 25.9 Å². The molecular weight excluding hydrogens is 271 g/mol. The number of aryl methyl sites for hydroxylation is 1. The zero-order chi connectivity index (χ0) is 15.0. The molecular formula is C15H15FN4O. The van der Waals surface area contributed by atoms with Gasteiger partial charge in [0.2, 0.25) is 0 Å². The maximum Gasteiger partial charge on any atom is 0.145 e. The number of benzene rings is 1. The highest BCUT2D eigenvalue weighted by atomic mass is 19.1. The number of halogens is 1. The number of aromatic nitrogens is 2. The van der Waals surface area contributed by atoms with Gasteiger partial charge in [0, 0.05) is 6.61 Å². The third kappa shape index (κ3) is 2.26. The molecule has 1 atom stereocenters. The number of nitrogens with zero attached hydrogens (tertiary/aromatic N) is 3. The van der Waals surface area contributed by atoms with Gasteiger partial charge in [-0.15, -0.1) is 0 Å². The van der Waals surface area contributed by atoms with E-state index >= 15 is 0 Å². The maximum atomic E-state index is 13.5. The molecule has 21 heavy (non-hydrogen) atoms. The van der Waals surface area contributed by atoms with Crippen molar-refractivity contribution in [3.05, 3.63) is 40.8 Å². The molecule has 0 spiro atoms. The van der Waals surface area contributed by atoms with Gasteiger partial charge in [-0.2, -0.15) is 10.4 Å². The van der Waals surface area contributed by atoms with Gasteiger partial charge < -0.3 is 10.5 Å². The number of nitriles is 1. The minimum atomic E-state index is -0.373. The van der Waals surface area contributed by atoms with Crippen LogP contribution < -0.4 is 5.73 Å². The number of rotatable bonds is 2. The van der Waals surface area contributed by atoms with Crippen molar-refractivity contribution in [3.63, 3.8) is 0 Å². The highest BCUT2D eigenvalue weighted by Gasteiger charge is 2.27. The summed E-state index contributed by atoms with van der Waals surface area (Å²) < 4.78 is 20.5. The molecule has 2 aromatic rings. The fourth-order valence-electron chi connectivity index (χ4n) is 2.58. The van der Waals surface area contributed by atoms with E-state index in [2.05, 4.69) is 11.2 Å². The second-order valence-corrected chi connectivity index (χ2v) is 5.10. The van der Waals surface area contributed by atoms with E-state index in [0.717, 1.165) is 18.4 Å². The van der Waals surface area contributed by atoms with Crippen LogP contribution >= 0.6 is 0 Å². The van der Waals surface area contributed by atoms with Crippen LogP contribution in [-0.4, -0.2) is 16.4 Å². The highest BCUT2D eigenvalue weighted by molar-refractivity contribution is 5.58. The molecule has 0 saturated carbocycles. The molecule has 108 valence electrons. The van der Waals surface area contributed by atoms with Crippen LogP contribution in [0.2, 0.25) is 0 Å². The van der Waals surface area contributed by atoms with Crippen molar-refractivity contribution in [2.24, 2.45) is 0 Å². The first-order valence-corrected chi connectivity index (χ1v) is 6.78. The highest BCUT2D eigenvalue weighted by Crippen LogP contribution is 2.33. The standard InChI is InChI=1S/C15H15FN4O/c1-9-4-5-10(16)7-12(9)20-15(18)11(8-17)14(19-20)13-3-2-6-21-13/h4-5,7,13H,2-3,6,18H2,1H3/t13-/m0/s1. The van der Waals surface area contributed by atoms with Crippen molar-refractivity contribution >= 4 is 5.82 Å². The van der Waals surface area contributed by atoms with Gasteiger partial charge in [0.25, 0.3) is 0 Å². The van der Waals surface area contributed by atoms with E-state index in [1.54, 1.807) is 6.07 Å². The van der Waals surface area contributed by atoms with E-state index in [1.165, 1.54) is 16.8 Å². The fourth-order valence-corrected chi connectivity index (χ4v) is 2.58. The van der Waals surface area contributed by atoms with Crippen LogP contribution in [0, 0.1) is 24.1 Å². The fraction of sp³-hybridized carbons (Fsp3) is 0.333. The third-order valence-electron chi connectivity index (χ3n) is 3.69. The van der Waals surface area contributed by atoms with Gasteiger partial charge in [-0.3, -0.25) is 0 Å². The Kier molecular flexibility index (Phi) is 3.35. The van der Waals surface area contributed by atoms with Gasteiger partial charge in [-0.25, -0.2) is 9.07 Å². The Labute approximate surface area is 121 Å². The van der Waals surface area contributed by atoms with Crippen molar-refractivity contribution in [1.29, 1.82) is 5.26 Å². The molecule has 0 radical (unpaired) electrons. The first kappa shape index (κ1) is 13.6. The second-order valence-electron chi connectivity index (χ2n) is 5.10. The number of nitrogens with two attached hydrogens (primary N) is 1. The normalized spacial score (nSPS) is 17.9. The molecule has 0 aliphatic carbocycles. The smallest absolute Gasteiger partial charge is 0.145 e. The van der Waals surface area contributed by atoms with E-state index in [4.69, 9.17) is 10.5 Å². The largest absolute Gasteiger partial charge is 0.382 e. The Morgan fingerprint density at radius 2 is 2.33 bits per heavy atom. The van der Waals surface area contributed by atoms with E-state index in [0.29, 0.717) is 23.6 Å². The van der Waals surface area contributed by atoms with Crippen molar-refractivity contribution in [1.82, 2.24) is 9.78 Å². The number of nitrogen functional groups attached to an aromatic ring is 1. The average molecular weight is 286 g/mol. The Balaban J connectivity index is 2.15. The first-order chi connectivity index (χ1) is 10.1. The van der Waals surface area contributed by atoms with Crippen LogP contribution in [0.1, 0.15) is 35.8 Å². The van der Waals surface area contributed by atoms with Crippen LogP contribution in [-0.2, 0) is 4.74 Å². The average Bonchev–Trinajstić information content (AvgIpc) is 3.09. The molecule has 2 N–H and O–H groups in total. The summed E-state index contributed by atoms with van der Waals surface area (Å²) in [6.07, 6.45) is 1.53. The van der Waals surface area contributed by atoms with E-state index < -0.39 is 0 Å². The Morgan fingerprint density at radius 1 is 1.52 bits per heavy atom. The summed E-state index contributed by atoms with van der Waals surface area (Å²) in [4.78, 5) is 0. The summed E-state index contributed by atoms with van der Waals surface area (Å²) in [6, 6.07) is 6.48. The van der Waals surface area contributed by atoms with Gasteiger partial charge in [0.05, 0.1) is 5.69 Å². The van der Waals surface area contributed by atoms with Crippen LogP contribution in [0.15, 0.2) is 18.2 Å². The van der Waals surface area contributed by atoms with Gasteiger partial charge in [0.15, 0.2) is 0 Å². The topological polar surface area (TPSA) is 76.9 Å². The molecule has 1 aliphatic heterocycles. The zero-order valence-corrected chi connectivity index (χ0v) is 11.6. The van der Waals surface area contributed by atoms with E-state index in [9.17, 15) is 9.65 Å². The Bertz CT molecular complexity index is 726. The minimum Gasteiger partial charge on any atom is -0.382 e. The molecule has 2 heterocycles. The lowest BCUT2D eigenvalue weighted by Crippen LogP contribution is -2.05. The van der Waals surface area contributed by atoms with E-state index in [1.807, 2.05) is 6.92 Å². The predicted octanol–water partition coefficient (Wildman–Crippen LogP) is 2.63. The summed E-state index contributed by atoms with van der Waals surface area (Å²) in [5.74, 6) is -0.153. The quantitative estimate of drug-likeness (QED) is 0.920. The number of anilines is 1. The lowest BCUT2D eigenvalue weighted by atomic mass is 10.1. The Morgan fingerprint density at radius 3 is 3.00 bits per heavy atom. The molecule has 1 fully saturated rings. The second kappa shape index (κ2) is 5.19. The number of hydrogen-bond donors (Lipinski definition) is 1. The van der Waals surface area contributed by atoms with Crippen molar-refractivity contribution in [2.75, 3.05) is 12.3 Å². The molecule has 0 unspecified atom stereocenters. The van der Waals surface area contributed by atoms with Gasteiger partial charge >= 0.3 is 0 Å². The molecule has 1 aromatic carbocycles. The molecule has 0 amide bonds. The monoisotopic (exact) mass is 286 g/mol. The SMILES string of the molecule is Cc1ccc(F)cc1-n1nc([C@@H]2CCCO2)c(C#N)c1N. The molecule has 3 rings (SSSR count). The van der Waals surface area contributed by atoms with Crippen LogP contribution in [0.3, 0.4) is 0 Å². The molecule has 5 nitrogen and oxygen atoms in total. The van der Waals surface area contributed by atoms with Gasteiger partial charge in [-0.05, 0) is 37.5 Å². The lowest BCUT2D eigenvalue weighted by Gasteiger charge is -2.08. The number of hydrogen-bond acceptors (Lipinski definition) is 4. The van der Waals surface area contributed by atoms with Gasteiger partial charge in [-0.1, -0.05) is 6.07 Å². The summed E-state index contributed by atoms with van der Waals surface area (Å²) in [5, 5.41) is 13.7. The lowest BCUT2D eigenvalue weighted by molar-refractivity contribution is 0.108. The minimum absolute atomic E-state index is 0.211. The van der Waals surface area contributed by atoms with E-state index in [-0.39, 0.29) is 17.7 Å².